The molecule has 0 bridgehead atoms. The average molecular weight is 395 g/mol. The minimum Gasteiger partial charge on any atom is -0.491 e. The van der Waals surface area contributed by atoms with Gasteiger partial charge in [-0.05, 0) is 48.2 Å². The van der Waals surface area contributed by atoms with Gasteiger partial charge in [-0.3, -0.25) is 0 Å². The van der Waals surface area contributed by atoms with Gasteiger partial charge in [0.05, 0.1) is 18.8 Å². The summed E-state index contributed by atoms with van der Waals surface area (Å²) in [5, 5.41) is 0. The predicted molar refractivity (Wildman–Crippen MR) is 114 cm³/mol. The molecule has 0 aliphatic heterocycles. The lowest BCUT2D eigenvalue weighted by Gasteiger charge is -2.42. The van der Waals surface area contributed by atoms with Crippen LogP contribution in [0.3, 0.4) is 0 Å². The zero-order valence-corrected chi connectivity index (χ0v) is 19.6. The maximum atomic E-state index is 11.9. The van der Waals surface area contributed by atoms with Gasteiger partial charge in [0.25, 0.3) is 0 Å². The third kappa shape index (κ3) is 5.82. The molecule has 0 aliphatic carbocycles. The highest BCUT2D eigenvalue weighted by Gasteiger charge is 2.44. The highest BCUT2D eigenvalue weighted by Crippen LogP contribution is 2.42. The molecule has 27 heavy (non-hydrogen) atoms. The van der Waals surface area contributed by atoms with E-state index in [1.165, 1.54) is 7.11 Å². The van der Waals surface area contributed by atoms with E-state index in [1.54, 1.807) is 6.07 Å². The van der Waals surface area contributed by atoms with Crippen molar-refractivity contribution in [2.45, 2.75) is 84.5 Å². The number of aryl methyl sites for hydroxylation is 1. The smallest absolute Gasteiger partial charge is 0.338 e. The Hall–Kier alpha value is -1.33. The number of benzene rings is 1. The van der Waals surface area contributed by atoms with Crippen LogP contribution in [0.25, 0.3) is 0 Å². The second kappa shape index (κ2) is 10.3. The Morgan fingerprint density at radius 2 is 1.56 bits per heavy atom. The molecule has 5 heteroatoms. The van der Waals surface area contributed by atoms with Gasteiger partial charge < -0.3 is 13.9 Å². The first-order valence-electron chi connectivity index (χ1n) is 10.1. The van der Waals surface area contributed by atoms with Crippen LogP contribution in [-0.4, -0.2) is 34.1 Å². The van der Waals surface area contributed by atoms with Gasteiger partial charge in [0.15, 0.2) is 8.32 Å². The molecule has 0 radical (unpaired) electrons. The number of methoxy groups -OCH3 is 1. The van der Waals surface area contributed by atoms with Crippen LogP contribution in [-0.2, 0) is 9.16 Å². The standard InChI is InChI=1S/C22H38O4Si/c1-15(2)27(16(3)4,17(5)6)25-13-12-19(8)26-20-11-10-18(7)21(14-20)22(23)24-9/h10-11,14-17,19H,12-13H2,1-9H3. The highest BCUT2D eigenvalue weighted by atomic mass is 28.4. The van der Waals surface area contributed by atoms with Crippen LogP contribution in [0.15, 0.2) is 18.2 Å². The summed E-state index contributed by atoms with van der Waals surface area (Å²) in [7, 11) is -0.447. The van der Waals surface area contributed by atoms with Crippen molar-refractivity contribution in [3.8, 4) is 5.75 Å². The molecular weight excluding hydrogens is 356 g/mol. The van der Waals surface area contributed by atoms with Crippen molar-refractivity contribution in [1.29, 1.82) is 0 Å². The van der Waals surface area contributed by atoms with Crippen molar-refractivity contribution in [2.24, 2.45) is 0 Å². The van der Waals surface area contributed by atoms with Gasteiger partial charge >= 0.3 is 5.97 Å². The highest BCUT2D eigenvalue weighted by molar-refractivity contribution is 6.77. The number of esters is 1. The van der Waals surface area contributed by atoms with Gasteiger partial charge in [-0.15, -0.1) is 0 Å². The van der Waals surface area contributed by atoms with E-state index in [9.17, 15) is 4.79 Å². The van der Waals surface area contributed by atoms with E-state index in [0.717, 1.165) is 12.0 Å². The molecule has 0 fully saturated rings. The van der Waals surface area contributed by atoms with Crippen LogP contribution in [0.4, 0.5) is 0 Å². The zero-order valence-electron chi connectivity index (χ0n) is 18.6. The summed E-state index contributed by atoms with van der Waals surface area (Å²) in [4.78, 5) is 11.9. The fourth-order valence-corrected chi connectivity index (χ4v) is 9.67. The molecule has 1 unspecified atom stereocenters. The van der Waals surface area contributed by atoms with Crippen molar-refractivity contribution >= 4 is 14.3 Å². The topological polar surface area (TPSA) is 44.8 Å². The molecule has 1 rings (SSSR count). The van der Waals surface area contributed by atoms with Crippen LogP contribution in [0, 0.1) is 6.92 Å². The lowest BCUT2D eigenvalue weighted by molar-refractivity contribution is 0.0599. The molecule has 0 spiro atoms. The molecule has 1 atom stereocenters. The van der Waals surface area contributed by atoms with E-state index in [0.29, 0.717) is 34.5 Å². The molecule has 0 N–H and O–H groups in total. The van der Waals surface area contributed by atoms with Crippen LogP contribution >= 0.6 is 0 Å². The van der Waals surface area contributed by atoms with Gasteiger partial charge in [0.1, 0.15) is 5.75 Å². The number of hydrogen-bond donors (Lipinski definition) is 0. The first-order chi connectivity index (χ1) is 12.6. The van der Waals surface area contributed by atoms with Crippen molar-refractivity contribution in [1.82, 2.24) is 0 Å². The Balaban J connectivity index is 2.73. The summed E-state index contributed by atoms with van der Waals surface area (Å²) in [6.45, 7) is 18.4. The average Bonchev–Trinajstić information content (AvgIpc) is 2.58. The lowest BCUT2D eigenvalue weighted by Crippen LogP contribution is -2.48. The zero-order chi connectivity index (χ0) is 20.8. The van der Waals surface area contributed by atoms with Crippen LogP contribution in [0.5, 0.6) is 5.75 Å². The molecule has 1 aromatic carbocycles. The Bertz CT molecular complexity index is 589. The van der Waals surface area contributed by atoms with E-state index < -0.39 is 8.32 Å². The predicted octanol–water partition coefficient (Wildman–Crippen LogP) is 6.13. The van der Waals surface area contributed by atoms with Gasteiger partial charge in [-0.25, -0.2) is 4.79 Å². The van der Waals surface area contributed by atoms with Crippen molar-refractivity contribution in [3.63, 3.8) is 0 Å². The summed E-state index contributed by atoms with van der Waals surface area (Å²) in [5.41, 5.74) is 3.16. The summed E-state index contributed by atoms with van der Waals surface area (Å²) in [5.74, 6) is 0.351. The fraction of sp³-hybridized carbons (Fsp3) is 0.682. The number of ether oxygens (including phenoxy) is 2. The van der Waals surface area contributed by atoms with E-state index in [1.807, 2.05) is 26.0 Å². The Morgan fingerprint density at radius 3 is 2.04 bits per heavy atom. The molecule has 0 aliphatic rings. The first-order valence-corrected chi connectivity index (χ1v) is 12.2. The van der Waals surface area contributed by atoms with Crippen molar-refractivity contribution in [2.75, 3.05) is 13.7 Å². The largest absolute Gasteiger partial charge is 0.491 e. The molecule has 154 valence electrons. The van der Waals surface area contributed by atoms with Crippen LogP contribution in [0.1, 0.15) is 70.8 Å². The van der Waals surface area contributed by atoms with Gasteiger partial charge in [0.2, 0.25) is 0 Å². The summed E-state index contributed by atoms with van der Waals surface area (Å²) >= 11 is 0. The van der Waals surface area contributed by atoms with Crippen molar-refractivity contribution in [3.05, 3.63) is 29.3 Å². The van der Waals surface area contributed by atoms with Gasteiger partial charge in [-0.1, -0.05) is 47.6 Å². The molecule has 0 aromatic heterocycles. The third-order valence-electron chi connectivity index (χ3n) is 5.54. The minimum absolute atomic E-state index is 0.0105. The van der Waals surface area contributed by atoms with Crippen LogP contribution in [0.2, 0.25) is 16.6 Å². The maximum Gasteiger partial charge on any atom is 0.338 e. The van der Waals surface area contributed by atoms with Gasteiger partial charge in [-0.2, -0.15) is 0 Å². The maximum absolute atomic E-state index is 11.9. The fourth-order valence-electron chi connectivity index (χ4n) is 4.20. The lowest BCUT2D eigenvalue weighted by atomic mass is 10.1. The quantitative estimate of drug-likeness (QED) is 0.354. The third-order valence-corrected chi connectivity index (χ3v) is 11.7. The van der Waals surface area contributed by atoms with E-state index >= 15 is 0 Å². The van der Waals surface area contributed by atoms with E-state index in [2.05, 4.69) is 41.5 Å². The monoisotopic (exact) mass is 394 g/mol. The first kappa shape index (κ1) is 23.7. The van der Waals surface area contributed by atoms with Gasteiger partial charge in [0, 0.05) is 13.0 Å². The number of rotatable bonds is 10. The summed E-state index contributed by atoms with van der Waals surface area (Å²) in [6.07, 6.45) is 0.832. The summed E-state index contributed by atoms with van der Waals surface area (Å²) in [6, 6.07) is 5.54. The number of hydrogen-bond acceptors (Lipinski definition) is 4. The minimum atomic E-state index is -1.84. The molecule has 0 saturated heterocycles. The van der Waals surface area contributed by atoms with E-state index in [4.69, 9.17) is 13.9 Å². The Labute approximate surface area is 166 Å². The SMILES string of the molecule is COC(=O)c1cc(OC(C)CCO[Si](C(C)C)(C(C)C)C(C)C)ccc1C. The summed E-state index contributed by atoms with van der Waals surface area (Å²) < 4.78 is 17.5. The van der Waals surface area contributed by atoms with E-state index in [-0.39, 0.29) is 12.1 Å². The normalized spacial score (nSPS) is 13.3. The van der Waals surface area contributed by atoms with Crippen molar-refractivity contribution < 1.29 is 18.7 Å². The molecule has 1 aromatic rings. The Kier molecular flexibility index (Phi) is 9.02. The molecule has 0 amide bonds. The number of carbonyl (C=O) groups excluding carboxylic acids is 1. The number of carbonyl (C=O) groups is 1. The molecular formula is C22H38O4Si. The molecule has 0 heterocycles. The van der Waals surface area contributed by atoms with Crippen LogP contribution < -0.4 is 4.74 Å². The molecule has 4 nitrogen and oxygen atoms in total. The Morgan fingerprint density at radius 1 is 1.00 bits per heavy atom. The second-order valence-corrected chi connectivity index (χ2v) is 13.8. The molecule has 0 saturated carbocycles. The second-order valence-electron chi connectivity index (χ2n) is 8.35.